The Kier molecular flexibility index (Phi) is 6.06. The molecule has 0 amide bonds. The standard InChI is InChI=1S/C27H30ClN3O3/c28-19-5-6-24-22(14-19)30-27(21-3-1-2-4-23(21)33-24)18-7-10-29-20(13-18)15-26(32)34-25-16-31-11-8-17(25)9-12-31/h1-6,14,17-18,20,25,29H,7-13,15-16H2/t18?,20-,25-/m1/s1. The van der Waals surface area contributed by atoms with Crippen molar-refractivity contribution in [2.45, 2.75) is 44.2 Å². The highest BCUT2D eigenvalue weighted by molar-refractivity contribution is 6.31. The average molecular weight is 480 g/mol. The number of carbonyl (C=O) groups excluding carboxylic acids is 1. The summed E-state index contributed by atoms with van der Waals surface area (Å²) in [7, 11) is 0. The van der Waals surface area contributed by atoms with Crippen molar-refractivity contribution in [1.29, 1.82) is 0 Å². The molecule has 34 heavy (non-hydrogen) atoms. The van der Waals surface area contributed by atoms with Crippen LogP contribution in [0.1, 0.15) is 37.7 Å². The summed E-state index contributed by atoms with van der Waals surface area (Å²) in [5.74, 6) is 2.17. The van der Waals surface area contributed by atoms with Gasteiger partial charge in [-0.1, -0.05) is 23.7 Å². The van der Waals surface area contributed by atoms with Crippen LogP contribution in [0.5, 0.6) is 11.5 Å². The number of fused-ring (bicyclic) bond motifs is 5. The highest BCUT2D eigenvalue weighted by Crippen LogP contribution is 2.41. The summed E-state index contributed by atoms with van der Waals surface area (Å²) < 4.78 is 12.2. The Morgan fingerprint density at radius 3 is 2.82 bits per heavy atom. The van der Waals surface area contributed by atoms with E-state index in [-0.39, 0.29) is 24.0 Å². The number of piperidine rings is 4. The predicted molar refractivity (Wildman–Crippen MR) is 132 cm³/mol. The summed E-state index contributed by atoms with van der Waals surface area (Å²) in [6, 6.07) is 13.7. The average Bonchev–Trinajstić information content (AvgIpc) is 3.01. The minimum absolute atomic E-state index is 0.0610. The monoisotopic (exact) mass is 479 g/mol. The van der Waals surface area contributed by atoms with Gasteiger partial charge in [0.1, 0.15) is 17.5 Å². The molecule has 2 aromatic rings. The number of nitrogens with zero attached hydrogens (tertiary/aromatic N) is 2. The van der Waals surface area contributed by atoms with Gasteiger partial charge in [0.05, 0.1) is 12.1 Å². The van der Waals surface area contributed by atoms with Crippen molar-refractivity contribution in [3.63, 3.8) is 0 Å². The van der Waals surface area contributed by atoms with Crippen molar-refractivity contribution in [3.05, 3.63) is 53.1 Å². The van der Waals surface area contributed by atoms with E-state index in [0.717, 1.165) is 74.6 Å². The maximum absolute atomic E-state index is 12.8. The van der Waals surface area contributed by atoms with Crippen LogP contribution < -0.4 is 10.1 Å². The maximum atomic E-state index is 12.8. The topological polar surface area (TPSA) is 63.2 Å². The van der Waals surface area contributed by atoms with Crippen LogP contribution in [-0.2, 0) is 9.53 Å². The predicted octanol–water partition coefficient (Wildman–Crippen LogP) is 4.96. The third kappa shape index (κ3) is 4.47. The second kappa shape index (κ2) is 9.33. The number of hydrogen-bond donors (Lipinski definition) is 1. The van der Waals surface area contributed by atoms with Crippen LogP contribution in [0.4, 0.5) is 5.69 Å². The number of esters is 1. The lowest BCUT2D eigenvalue weighted by Crippen LogP contribution is -2.52. The van der Waals surface area contributed by atoms with Crippen molar-refractivity contribution in [3.8, 4) is 11.5 Å². The molecule has 6 nitrogen and oxygen atoms in total. The molecule has 4 fully saturated rings. The lowest BCUT2D eigenvalue weighted by atomic mass is 9.84. The van der Waals surface area contributed by atoms with Gasteiger partial charge in [-0.25, -0.2) is 4.99 Å². The van der Waals surface area contributed by atoms with Crippen LogP contribution in [0.25, 0.3) is 0 Å². The van der Waals surface area contributed by atoms with Gasteiger partial charge in [0.15, 0.2) is 5.75 Å². The number of para-hydroxylation sites is 1. The van der Waals surface area contributed by atoms with Gasteiger partial charge in [-0.3, -0.25) is 9.69 Å². The summed E-state index contributed by atoms with van der Waals surface area (Å²) in [6.45, 7) is 4.03. The third-order valence-electron chi connectivity index (χ3n) is 7.72. The van der Waals surface area contributed by atoms with Gasteiger partial charge in [0.2, 0.25) is 0 Å². The molecule has 1 unspecified atom stereocenters. The first-order valence-electron chi connectivity index (χ1n) is 12.4. The van der Waals surface area contributed by atoms with Gasteiger partial charge in [0.25, 0.3) is 0 Å². The largest absolute Gasteiger partial charge is 0.461 e. The van der Waals surface area contributed by atoms with Crippen LogP contribution in [0.15, 0.2) is 47.5 Å². The quantitative estimate of drug-likeness (QED) is 0.628. The first-order chi connectivity index (χ1) is 16.6. The molecule has 178 valence electrons. The van der Waals surface area contributed by atoms with E-state index in [0.29, 0.717) is 23.1 Å². The van der Waals surface area contributed by atoms with Gasteiger partial charge in [-0.2, -0.15) is 0 Å². The summed E-state index contributed by atoms with van der Waals surface area (Å²) in [4.78, 5) is 20.3. The fraction of sp³-hybridized carbons (Fsp3) is 0.481. The fourth-order valence-electron chi connectivity index (χ4n) is 5.92. The molecule has 0 saturated carbocycles. The minimum atomic E-state index is -0.0828. The Morgan fingerprint density at radius 1 is 1.15 bits per heavy atom. The van der Waals surface area contributed by atoms with Crippen LogP contribution in [0.2, 0.25) is 5.02 Å². The van der Waals surface area contributed by atoms with Crippen LogP contribution >= 0.6 is 11.6 Å². The van der Waals surface area contributed by atoms with Gasteiger partial charge in [-0.05, 0) is 81.6 Å². The SMILES string of the molecule is O=C(C[C@H]1CC(C2=Nc3cc(Cl)ccc3Oc3ccccc32)CCN1)O[C@@H]1CN2CCC1CC2. The Labute approximate surface area is 205 Å². The number of aliphatic imine (C=N–C) groups is 1. The molecule has 0 aromatic heterocycles. The molecule has 2 aromatic carbocycles. The zero-order chi connectivity index (χ0) is 23.1. The van der Waals surface area contributed by atoms with Crippen LogP contribution in [0.3, 0.4) is 0 Å². The zero-order valence-corrected chi connectivity index (χ0v) is 20.0. The molecule has 3 atom stereocenters. The molecular weight excluding hydrogens is 450 g/mol. The van der Waals surface area contributed by atoms with Crippen LogP contribution in [0, 0.1) is 11.8 Å². The number of rotatable bonds is 4. The van der Waals surface area contributed by atoms with E-state index >= 15 is 0 Å². The van der Waals surface area contributed by atoms with E-state index in [1.165, 1.54) is 0 Å². The van der Waals surface area contributed by atoms with E-state index in [1.807, 2.05) is 36.4 Å². The molecule has 0 spiro atoms. The number of nitrogens with one attached hydrogen (secondary N) is 1. The molecule has 5 aliphatic heterocycles. The second-order valence-electron chi connectivity index (χ2n) is 9.95. The second-order valence-corrected chi connectivity index (χ2v) is 10.4. The van der Waals surface area contributed by atoms with Gasteiger partial charge in [-0.15, -0.1) is 0 Å². The number of ether oxygens (including phenoxy) is 2. The van der Waals surface area contributed by atoms with E-state index in [9.17, 15) is 4.79 Å². The third-order valence-corrected chi connectivity index (χ3v) is 7.95. The summed E-state index contributed by atoms with van der Waals surface area (Å²) in [5.41, 5.74) is 2.76. The molecule has 5 heterocycles. The van der Waals surface area contributed by atoms with Crippen LogP contribution in [-0.4, -0.2) is 54.9 Å². The van der Waals surface area contributed by atoms with Crippen molar-refractivity contribution in [1.82, 2.24) is 10.2 Å². The maximum Gasteiger partial charge on any atom is 0.307 e. The van der Waals surface area contributed by atoms with E-state index in [1.54, 1.807) is 0 Å². The Morgan fingerprint density at radius 2 is 2.00 bits per heavy atom. The molecule has 4 saturated heterocycles. The number of hydrogen-bond acceptors (Lipinski definition) is 6. The molecule has 7 rings (SSSR count). The summed E-state index contributed by atoms with van der Waals surface area (Å²) in [5, 5.41) is 4.17. The van der Waals surface area contributed by atoms with E-state index in [4.69, 9.17) is 26.1 Å². The van der Waals surface area contributed by atoms with E-state index in [2.05, 4.69) is 16.3 Å². The van der Waals surface area contributed by atoms with Gasteiger partial charge >= 0.3 is 5.97 Å². The molecule has 0 aliphatic carbocycles. The Bertz CT molecular complexity index is 1110. The lowest BCUT2D eigenvalue weighted by molar-refractivity contribution is -0.159. The summed E-state index contributed by atoms with van der Waals surface area (Å²) >= 11 is 6.27. The first kappa shape index (κ1) is 22.1. The smallest absolute Gasteiger partial charge is 0.307 e. The normalized spacial score (nSPS) is 29.8. The lowest BCUT2D eigenvalue weighted by Gasteiger charge is -2.44. The minimum Gasteiger partial charge on any atom is -0.461 e. The zero-order valence-electron chi connectivity index (χ0n) is 19.2. The Balaban J connectivity index is 1.19. The Hall–Kier alpha value is -2.41. The van der Waals surface area contributed by atoms with E-state index < -0.39 is 0 Å². The molecule has 7 heteroatoms. The first-order valence-corrected chi connectivity index (χ1v) is 12.8. The molecule has 0 radical (unpaired) electrons. The highest BCUT2D eigenvalue weighted by atomic mass is 35.5. The fourth-order valence-corrected chi connectivity index (χ4v) is 6.09. The number of benzene rings is 2. The van der Waals surface area contributed by atoms with Crippen molar-refractivity contribution < 1.29 is 14.3 Å². The number of halogens is 1. The molecule has 1 N–H and O–H groups in total. The highest BCUT2D eigenvalue weighted by Gasteiger charge is 2.37. The molecule has 5 aliphatic rings. The van der Waals surface area contributed by atoms with Crippen molar-refractivity contribution in [2.75, 3.05) is 26.2 Å². The number of carbonyl (C=O) groups is 1. The van der Waals surface area contributed by atoms with Gasteiger partial charge in [0, 0.05) is 29.1 Å². The van der Waals surface area contributed by atoms with Crippen molar-refractivity contribution in [2.24, 2.45) is 16.8 Å². The molecule has 2 bridgehead atoms. The molecular formula is C27H30ClN3O3. The van der Waals surface area contributed by atoms with Crippen molar-refractivity contribution >= 4 is 29.0 Å². The summed E-state index contributed by atoms with van der Waals surface area (Å²) in [6.07, 6.45) is 4.54. The van der Waals surface area contributed by atoms with Gasteiger partial charge < -0.3 is 14.8 Å².